The first kappa shape index (κ1) is 19.8. The zero-order valence-corrected chi connectivity index (χ0v) is 16.6. The third-order valence-electron chi connectivity index (χ3n) is 5.78. The monoisotopic (exact) mass is 398 g/mol. The maximum Gasteiger partial charge on any atom is 0.227 e. The molecule has 0 bridgehead atoms. The second kappa shape index (κ2) is 8.90. The molecule has 2 aromatic carbocycles. The first-order chi connectivity index (χ1) is 14.1. The lowest BCUT2D eigenvalue weighted by molar-refractivity contribution is -0.132. The molecule has 2 heterocycles. The van der Waals surface area contributed by atoms with E-state index < -0.39 is 0 Å². The number of piperazine rings is 1. The summed E-state index contributed by atoms with van der Waals surface area (Å²) in [6.45, 7) is 3.10. The normalized spacial score (nSPS) is 22.6. The van der Waals surface area contributed by atoms with E-state index in [0.29, 0.717) is 19.5 Å². The van der Waals surface area contributed by atoms with E-state index in [1.807, 2.05) is 17.0 Å². The molecule has 154 valence electrons. The van der Waals surface area contributed by atoms with Crippen molar-refractivity contribution in [3.63, 3.8) is 0 Å². The SMILES string of the molecule is COc1ccc(C2CC(N3CCN(C(=O)Cc4ccc(F)cc4)CC3)NN2)cc1. The molecule has 2 fully saturated rings. The second-order valence-electron chi connectivity index (χ2n) is 7.59. The van der Waals surface area contributed by atoms with Gasteiger partial charge in [-0.15, -0.1) is 0 Å². The minimum absolute atomic E-state index is 0.102. The minimum atomic E-state index is -0.277. The molecule has 2 saturated heterocycles. The maximum absolute atomic E-state index is 13.0. The fourth-order valence-electron chi connectivity index (χ4n) is 4.01. The van der Waals surface area contributed by atoms with Gasteiger partial charge in [0.25, 0.3) is 0 Å². The number of nitrogens with one attached hydrogen (secondary N) is 2. The van der Waals surface area contributed by atoms with Gasteiger partial charge in [0.05, 0.1) is 19.7 Å². The number of benzene rings is 2. The molecule has 0 saturated carbocycles. The predicted molar refractivity (Wildman–Crippen MR) is 109 cm³/mol. The van der Waals surface area contributed by atoms with Crippen LogP contribution in [0.2, 0.25) is 0 Å². The molecule has 0 spiro atoms. The Labute approximate surface area is 170 Å². The van der Waals surface area contributed by atoms with Crippen molar-refractivity contribution in [2.75, 3.05) is 33.3 Å². The van der Waals surface area contributed by atoms with Crippen LogP contribution in [-0.2, 0) is 11.2 Å². The molecular formula is C22H27FN4O2. The van der Waals surface area contributed by atoms with Gasteiger partial charge in [-0.3, -0.25) is 9.69 Å². The summed E-state index contributed by atoms with van der Waals surface area (Å²) in [5, 5.41) is 0. The number of methoxy groups -OCH3 is 1. The third-order valence-corrected chi connectivity index (χ3v) is 5.78. The molecule has 29 heavy (non-hydrogen) atoms. The molecule has 2 aliphatic rings. The molecule has 2 aliphatic heterocycles. The highest BCUT2D eigenvalue weighted by atomic mass is 19.1. The van der Waals surface area contributed by atoms with E-state index in [1.54, 1.807) is 19.2 Å². The minimum Gasteiger partial charge on any atom is -0.497 e. The fraction of sp³-hybridized carbons (Fsp3) is 0.409. The summed E-state index contributed by atoms with van der Waals surface area (Å²) < 4.78 is 18.2. The lowest BCUT2D eigenvalue weighted by atomic mass is 10.0. The summed E-state index contributed by atoms with van der Waals surface area (Å²) >= 11 is 0. The number of amides is 1. The van der Waals surface area contributed by atoms with E-state index in [0.717, 1.165) is 30.8 Å². The average Bonchev–Trinajstić information content (AvgIpc) is 3.26. The molecule has 6 nitrogen and oxygen atoms in total. The molecule has 2 unspecified atom stereocenters. The number of hydrogen-bond acceptors (Lipinski definition) is 5. The third kappa shape index (κ3) is 4.75. The number of nitrogens with zero attached hydrogens (tertiary/aromatic N) is 2. The lowest BCUT2D eigenvalue weighted by Gasteiger charge is -2.37. The Kier molecular flexibility index (Phi) is 6.08. The molecule has 2 N–H and O–H groups in total. The highest BCUT2D eigenvalue weighted by Gasteiger charge is 2.32. The van der Waals surface area contributed by atoms with Gasteiger partial charge in [-0.25, -0.2) is 15.2 Å². The van der Waals surface area contributed by atoms with Crippen molar-refractivity contribution in [1.82, 2.24) is 20.7 Å². The van der Waals surface area contributed by atoms with Crippen molar-refractivity contribution in [1.29, 1.82) is 0 Å². The molecule has 2 atom stereocenters. The quantitative estimate of drug-likeness (QED) is 0.808. The van der Waals surface area contributed by atoms with E-state index >= 15 is 0 Å². The van der Waals surface area contributed by atoms with Crippen LogP contribution in [0.4, 0.5) is 4.39 Å². The number of hydrogen-bond donors (Lipinski definition) is 2. The van der Waals surface area contributed by atoms with Crippen LogP contribution in [0.25, 0.3) is 0 Å². The van der Waals surface area contributed by atoms with Crippen LogP contribution in [0.15, 0.2) is 48.5 Å². The van der Waals surface area contributed by atoms with Crippen molar-refractivity contribution >= 4 is 5.91 Å². The number of ether oxygens (including phenoxy) is 1. The van der Waals surface area contributed by atoms with Crippen LogP contribution < -0.4 is 15.6 Å². The first-order valence-electron chi connectivity index (χ1n) is 10.0. The van der Waals surface area contributed by atoms with Crippen LogP contribution in [0.1, 0.15) is 23.6 Å². The number of halogens is 1. The molecule has 7 heteroatoms. The van der Waals surface area contributed by atoms with Crippen LogP contribution in [0.5, 0.6) is 5.75 Å². The van der Waals surface area contributed by atoms with E-state index in [-0.39, 0.29) is 23.9 Å². The van der Waals surface area contributed by atoms with Crippen molar-refractivity contribution in [3.05, 3.63) is 65.5 Å². The number of carbonyl (C=O) groups excluding carboxylic acids is 1. The highest BCUT2D eigenvalue weighted by molar-refractivity contribution is 5.78. The summed E-state index contributed by atoms with van der Waals surface area (Å²) in [5.41, 5.74) is 8.86. The first-order valence-corrected chi connectivity index (χ1v) is 10.0. The van der Waals surface area contributed by atoms with Gasteiger partial charge in [0.1, 0.15) is 11.6 Å². The van der Waals surface area contributed by atoms with Crippen molar-refractivity contribution < 1.29 is 13.9 Å². The van der Waals surface area contributed by atoms with Gasteiger partial charge in [0, 0.05) is 32.2 Å². The molecule has 0 aromatic heterocycles. The Hall–Kier alpha value is -2.48. The van der Waals surface area contributed by atoms with Crippen LogP contribution in [-0.4, -0.2) is 55.2 Å². The summed E-state index contributed by atoms with van der Waals surface area (Å²) in [7, 11) is 1.67. The Morgan fingerprint density at radius 2 is 1.72 bits per heavy atom. The second-order valence-corrected chi connectivity index (χ2v) is 7.59. The molecule has 4 rings (SSSR count). The van der Waals surface area contributed by atoms with E-state index in [1.165, 1.54) is 17.7 Å². The number of carbonyl (C=O) groups is 1. The van der Waals surface area contributed by atoms with E-state index in [4.69, 9.17) is 4.74 Å². The van der Waals surface area contributed by atoms with Crippen molar-refractivity contribution in [2.45, 2.75) is 25.0 Å². The van der Waals surface area contributed by atoms with Crippen LogP contribution in [0.3, 0.4) is 0 Å². The number of rotatable bonds is 5. The zero-order chi connectivity index (χ0) is 20.2. The average molecular weight is 398 g/mol. The van der Waals surface area contributed by atoms with Gasteiger partial charge in [0.15, 0.2) is 0 Å². The molecular weight excluding hydrogens is 371 g/mol. The summed E-state index contributed by atoms with van der Waals surface area (Å²) in [6, 6.07) is 14.6. The summed E-state index contributed by atoms with van der Waals surface area (Å²) in [5.74, 6) is 0.683. The van der Waals surface area contributed by atoms with Gasteiger partial charge in [-0.1, -0.05) is 24.3 Å². The molecule has 0 aliphatic carbocycles. The zero-order valence-electron chi connectivity index (χ0n) is 16.6. The lowest BCUT2D eigenvalue weighted by Crippen LogP contribution is -2.55. The van der Waals surface area contributed by atoms with Crippen LogP contribution >= 0.6 is 0 Å². The summed E-state index contributed by atoms with van der Waals surface area (Å²) in [4.78, 5) is 16.8. The standard InChI is InChI=1S/C22H27FN4O2/c1-29-19-8-4-17(5-9-19)20-15-21(25-24-20)26-10-12-27(13-11-26)22(28)14-16-2-6-18(23)7-3-16/h2-9,20-21,24-25H,10-15H2,1H3. The van der Waals surface area contributed by atoms with E-state index in [2.05, 4.69) is 27.9 Å². The molecule has 0 radical (unpaired) electrons. The van der Waals surface area contributed by atoms with Gasteiger partial charge >= 0.3 is 0 Å². The van der Waals surface area contributed by atoms with E-state index in [9.17, 15) is 9.18 Å². The fourth-order valence-corrected chi connectivity index (χ4v) is 4.01. The Bertz CT molecular complexity index is 820. The highest BCUT2D eigenvalue weighted by Crippen LogP contribution is 2.26. The Balaban J connectivity index is 1.26. The largest absolute Gasteiger partial charge is 0.497 e. The topological polar surface area (TPSA) is 56.8 Å². The van der Waals surface area contributed by atoms with Crippen molar-refractivity contribution in [3.8, 4) is 5.75 Å². The van der Waals surface area contributed by atoms with Gasteiger partial charge in [-0.05, 0) is 41.8 Å². The summed E-state index contributed by atoms with van der Waals surface area (Å²) in [6.07, 6.45) is 1.54. The number of hydrazine groups is 1. The van der Waals surface area contributed by atoms with Crippen molar-refractivity contribution in [2.24, 2.45) is 0 Å². The predicted octanol–water partition coefficient (Wildman–Crippen LogP) is 2.09. The van der Waals surface area contributed by atoms with Gasteiger partial charge in [-0.2, -0.15) is 0 Å². The molecule has 1 amide bonds. The van der Waals surface area contributed by atoms with Gasteiger partial charge < -0.3 is 9.64 Å². The maximum atomic E-state index is 13.0. The Morgan fingerprint density at radius 1 is 1.03 bits per heavy atom. The Morgan fingerprint density at radius 3 is 2.38 bits per heavy atom. The smallest absolute Gasteiger partial charge is 0.227 e. The van der Waals surface area contributed by atoms with Gasteiger partial charge in [0.2, 0.25) is 5.91 Å². The molecule has 2 aromatic rings. The van der Waals surface area contributed by atoms with Crippen LogP contribution in [0, 0.1) is 5.82 Å².